The number of carbonyl (C=O) groups excluding carboxylic acids is 1. The van der Waals surface area contributed by atoms with Crippen LogP contribution in [0.2, 0.25) is 5.02 Å². The van der Waals surface area contributed by atoms with E-state index in [2.05, 4.69) is 20.7 Å². The molecule has 27 heavy (non-hydrogen) atoms. The average Bonchev–Trinajstić information content (AvgIpc) is 3.28. The van der Waals surface area contributed by atoms with Gasteiger partial charge >= 0.3 is 0 Å². The van der Waals surface area contributed by atoms with Crippen LogP contribution in [0.15, 0.2) is 50.2 Å². The van der Waals surface area contributed by atoms with Crippen molar-refractivity contribution in [1.29, 1.82) is 0 Å². The Morgan fingerprint density at radius 2 is 1.89 bits per heavy atom. The molecule has 1 aromatic carbocycles. The highest BCUT2D eigenvalue weighted by Crippen LogP contribution is 2.30. The molecule has 3 aromatic rings. The first-order valence-electron chi connectivity index (χ1n) is 7.80. The molecule has 0 fully saturated rings. The molecule has 0 aliphatic rings. The summed E-state index contributed by atoms with van der Waals surface area (Å²) in [6.07, 6.45) is 1.65. The molecule has 0 radical (unpaired) electrons. The lowest BCUT2D eigenvalue weighted by Gasteiger charge is -1.98. The summed E-state index contributed by atoms with van der Waals surface area (Å²) in [5.74, 6) is 0.876. The van der Waals surface area contributed by atoms with Crippen LogP contribution in [0, 0.1) is 6.92 Å². The van der Waals surface area contributed by atoms with E-state index in [-0.39, 0.29) is 11.7 Å². The van der Waals surface area contributed by atoms with Gasteiger partial charge in [-0.25, -0.2) is 5.43 Å². The van der Waals surface area contributed by atoms with Crippen molar-refractivity contribution in [2.24, 2.45) is 5.10 Å². The second-order valence-corrected chi connectivity index (χ2v) is 10.5. The van der Waals surface area contributed by atoms with Crippen LogP contribution in [0.1, 0.15) is 15.3 Å². The number of amides is 1. The fraction of sp³-hybridized carbons (Fsp3) is 0.176. The van der Waals surface area contributed by atoms with Crippen LogP contribution in [0.5, 0.6) is 0 Å². The predicted octanol–water partition coefficient (Wildman–Crippen LogP) is 5.10. The van der Waals surface area contributed by atoms with Crippen LogP contribution in [-0.2, 0) is 10.5 Å². The van der Waals surface area contributed by atoms with E-state index in [1.807, 2.05) is 43.3 Å². The van der Waals surface area contributed by atoms with Crippen molar-refractivity contribution >= 4 is 69.9 Å². The molecular formula is C17H15ClN4OS4. The number of benzene rings is 1. The van der Waals surface area contributed by atoms with Crippen molar-refractivity contribution in [2.45, 2.75) is 21.4 Å². The highest BCUT2D eigenvalue weighted by Gasteiger charge is 2.08. The van der Waals surface area contributed by atoms with Gasteiger partial charge in [0.25, 0.3) is 5.91 Å². The van der Waals surface area contributed by atoms with E-state index in [4.69, 9.17) is 11.6 Å². The van der Waals surface area contributed by atoms with Gasteiger partial charge in [0, 0.05) is 20.5 Å². The van der Waals surface area contributed by atoms with Crippen LogP contribution in [0.3, 0.4) is 0 Å². The summed E-state index contributed by atoms with van der Waals surface area (Å²) >= 11 is 12.0. The smallest absolute Gasteiger partial charge is 0.250 e. The molecule has 1 N–H and O–H groups in total. The number of nitrogens with zero attached hydrogens (tertiary/aromatic N) is 3. The number of carbonyl (C=O) groups is 1. The third kappa shape index (κ3) is 6.93. The number of nitrogens with one attached hydrogen (secondary N) is 1. The zero-order chi connectivity index (χ0) is 19.1. The van der Waals surface area contributed by atoms with Crippen LogP contribution in [0.4, 0.5) is 0 Å². The van der Waals surface area contributed by atoms with Crippen molar-refractivity contribution in [3.63, 3.8) is 0 Å². The molecule has 0 saturated carbocycles. The molecule has 0 aliphatic carbocycles. The summed E-state index contributed by atoms with van der Waals surface area (Å²) in [5, 5.41) is 13.0. The van der Waals surface area contributed by atoms with Gasteiger partial charge in [-0.3, -0.25) is 4.79 Å². The second kappa shape index (κ2) is 10.2. The van der Waals surface area contributed by atoms with Crippen LogP contribution < -0.4 is 5.43 Å². The Bertz CT molecular complexity index is 923. The molecule has 140 valence electrons. The Morgan fingerprint density at radius 1 is 1.15 bits per heavy atom. The number of thiophene rings is 1. The highest BCUT2D eigenvalue weighted by molar-refractivity contribution is 8.03. The van der Waals surface area contributed by atoms with E-state index in [1.54, 1.807) is 29.3 Å². The van der Waals surface area contributed by atoms with E-state index in [9.17, 15) is 4.79 Å². The molecule has 1 amide bonds. The Morgan fingerprint density at radius 3 is 2.59 bits per heavy atom. The van der Waals surface area contributed by atoms with Crippen molar-refractivity contribution in [1.82, 2.24) is 15.6 Å². The van der Waals surface area contributed by atoms with Gasteiger partial charge in [0.2, 0.25) is 0 Å². The zero-order valence-electron chi connectivity index (χ0n) is 14.2. The quantitative estimate of drug-likeness (QED) is 0.291. The Balaban J connectivity index is 1.40. The van der Waals surface area contributed by atoms with Gasteiger partial charge in [-0.2, -0.15) is 5.10 Å². The first kappa shape index (κ1) is 20.3. The molecule has 0 bridgehead atoms. The lowest BCUT2D eigenvalue weighted by molar-refractivity contribution is -0.118. The molecule has 0 atom stereocenters. The first-order valence-corrected chi connectivity index (χ1v) is 11.8. The third-order valence-electron chi connectivity index (χ3n) is 3.13. The molecule has 2 aromatic heterocycles. The van der Waals surface area contributed by atoms with Crippen molar-refractivity contribution in [3.8, 4) is 0 Å². The molecule has 10 heteroatoms. The van der Waals surface area contributed by atoms with Gasteiger partial charge in [0.05, 0.1) is 12.0 Å². The average molecular weight is 455 g/mol. The minimum absolute atomic E-state index is 0.171. The number of aromatic nitrogens is 2. The Kier molecular flexibility index (Phi) is 7.71. The van der Waals surface area contributed by atoms with E-state index in [0.29, 0.717) is 0 Å². The maximum atomic E-state index is 11.9. The van der Waals surface area contributed by atoms with Crippen molar-refractivity contribution in [3.05, 3.63) is 56.7 Å². The minimum Gasteiger partial charge on any atom is -0.272 e. The topological polar surface area (TPSA) is 67.2 Å². The summed E-state index contributed by atoms with van der Waals surface area (Å²) in [7, 11) is 0. The van der Waals surface area contributed by atoms with E-state index in [1.165, 1.54) is 33.5 Å². The maximum Gasteiger partial charge on any atom is 0.250 e. The summed E-state index contributed by atoms with van der Waals surface area (Å²) in [6, 6.07) is 11.7. The Labute approximate surface area is 178 Å². The Hall–Kier alpha value is -1.39. The molecular weight excluding hydrogens is 440 g/mol. The van der Waals surface area contributed by atoms with Crippen LogP contribution in [-0.4, -0.2) is 28.1 Å². The number of rotatable bonds is 8. The second-order valence-electron chi connectivity index (χ2n) is 5.28. The normalized spacial score (nSPS) is 11.2. The molecule has 2 heterocycles. The third-order valence-corrected chi connectivity index (χ3v) is 7.58. The number of thioether (sulfide) groups is 2. The number of hydrazone groups is 1. The molecule has 0 unspecified atom stereocenters. The molecule has 0 spiro atoms. The number of aryl methyl sites for hydroxylation is 1. The van der Waals surface area contributed by atoms with Crippen LogP contribution >= 0.6 is 57.8 Å². The van der Waals surface area contributed by atoms with Crippen LogP contribution in [0.25, 0.3) is 0 Å². The predicted molar refractivity (Wildman–Crippen MR) is 116 cm³/mol. The van der Waals surface area contributed by atoms with E-state index in [0.717, 1.165) is 24.3 Å². The van der Waals surface area contributed by atoms with Gasteiger partial charge in [0.15, 0.2) is 8.68 Å². The van der Waals surface area contributed by atoms with Crippen molar-refractivity contribution < 1.29 is 4.79 Å². The van der Waals surface area contributed by atoms with E-state index < -0.39 is 0 Å². The summed E-state index contributed by atoms with van der Waals surface area (Å²) < 4.78 is 1.64. The lowest BCUT2D eigenvalue weighted by Crippen LogP contribution is -2.19. The number of halogens is 1. The van der Waals surface area contributed by atoms with Gasteiger partial charge in [0.1, 0.15) is 0 Å². The fourth-order valence-electron chi connectivity index (χ4n) is 1.89. The van der Waals surface area contributed by atoms with E-state index >= 15 is 0 Å². The molecule has 5 nitrogen and oxygen atoms in total. The molecule has 0 saturated heterocycles. The van der Waals surface area contributed by atoms with Gasteiger partial charge < -0.3 is 0 Å². The molecule has 0 aliphatic heterocycles. The van der Waals surface area contributed by atoms with Gasteiger partial charge in [-0.05, 0) is 36.8 Å². The highest BCUT2D eigenvalue weighted by atomic mass is 35.5. The fourth-order valence-corrected chi connectivity index (χ4v) is 5.53. The monoisotopic (exact) mass is 454 g/mol. The summed E-state index contributed by atoms with van der Waals surface area (Å²) in [6.45, 7) is 2.03. The first-order chi connectivity index (χ1) is 13.1. The SMILES string of the molecule is Cc1ccc(/C=N\NC(=O)CSc2nnc(SCc3ccc(Cl)cc3)s2)s1. The largest absolute Gasteiger partial charge is 0.272 e. The zero-order valence-corrected chi connectivity index (χ0v) is 18.2. The summed E-state index contributed by atoms with van der Waals surface area (Å²) in [5.41, 5.74) is 3.70. The molecule has 3 rings (SSSR count). The minimum atomic E-state index is -0.171. The van der Waals surface area contributed by atoms with Crippen molar-refractivity contribution in [2.75, 3.05) is 5.75 Å². The maximum absolute atomic E-state index is 11.9. The number of hydrogen-bond acceptors (Lipinski definition) is 8. The van der Waals surface area contributed by atoms with Gasteiger partial charge in [-0.1, -0.05) is 58.6 Å². The van der Waals surface area contributed by atoms with Gasteiger partial charge in [-0.15, -0.1) is 21.5 Å². The lowest BCUT2D eigenvalue weighted by atomic mass is 10.2. The standard InChI is InChI=1S/C17H15ClN4OS4/c1-11-2-7-14(26-11)8-19-20-15(23)10-25-17-22-21-16(27-17)24-9-12-3-5-13(18)6-4-12/h2-8H,9-10H2,1H3,(H,20,23)/b19-8-. The summed E-state index contributed by atoms with van der Waals surface area (Å²) in [4.78, 5) is 14.1. The number of hydrogen-bond donors (Lipinski definition) is 1.